The smallest absolute Gasteiger partial charge is 0.339 e. The number of carbonyl (C=O) groups is 1. The van der Waals surface area contributed by atoms with Crippen molar-refractivity contribution in [1.82, 2.24) is 15.2 Å². The molecule has 1 N–H and O–H groups in total. The number of ether oxygens (including phenoxy) is 1. The standard InChI is InChI=1S/C25H22N4O5S/c1-33-22-8-4-6-19(16-22)17-25(30)28-26-18-20-7-2-3-9-24(20)34-35(31,32)23-12-10-21(11-13-23)29-15-5-14-27-29/h2-16,18H,17H2,1H3,(H,28,30). The van der Waals surface area contributed by atoms with E-state index in [1.165, 1.54) is 24.4 Å². The maximum atomic E-state index is 12.8. The van der Waals surface area contributed by atoms with Gasteiger partial charge in [0.2, 0.25) is 5.91 Å². The van der Waals surface area contributed by atoms with E-state index in [9.17, 15) is 13.2 Å². The van der Waals surface area contributed by atoms with E-state index in [-0.39, 0.29) is 23.0 Å². The Hall–Kier alpha value is -4.44. The normalized spacial score (nSPS) is 11.3. The van der Waals surface area contributed by atoms with Crippen LogP contribution in [0, 0.1) is 0 Å². The van der Waals surface area contributed by atoms with E-state index in [1.807, 2.05) is 0 Å². The number of carbonyl (C=O) groups excluding carboxylic acids is 1. The van der Waals surface area contributed by atoms with E-state index in [1.54, 1.807) is 84.8 Å². The van der Waals surface area contributed by atoms with Gasteiger partial charge in [0.1, 0.15) is 10.6 Å². The van der Waals surface area contributed by atoms with E-state index >= 15 is 0 Å². The van der Waals surface area contributed by atoms with Gasteiger partial charge in [-0.3, -0.25) is 4.79 Å². The Bertz CT molecular complexity index is 1430. The Labute approximate surface area is 202 Å². The molecule has 0 spiro atoms. The number of methoxy groups -OCH3 is 1. The molecule has 1 aromatic heterocycles. The Kier molecular flexibility index (Phi) is 7.22. The van der Waals surface area contributed by atoms with Gasteiger partial charge in [-0.1, -0.05) is 24.3 Å². The van der Waals surface area contributed by atoms with Crippen LogP contribution >= 0.6 is 0 Å². The first-order chi connectivity index (χ1) is 16.9. The second-order valence-electron chi connectivity index (χ2n) is 7.34. The van der Waals surface area contributed by atoms with Crippen molar-refractivity contribution < 1.29 is 22.1 Å². The summed E-state index contributed by atoms with van der Waals surface area (Å²) >= 11 is 0. The highest BCUT2D eigenvalue weighted by Gasteiger charge is 2.18. The molecule has 1 amide bonds. The van der Waals surface area contributed by atoms with E-state index < -0.39 is 10.1 Å². The quantitative estimate of drug-likeness (QED) is 0.219. The van der Waals surface area contributed by atoms with Crippen LogP contribution in [0.4, 0.5) is 0 Å². The third-order valence-electron chi connectivity index (χ3n) is 4.90. The van der Waals surface area contributed by atoms with Crippen molar-refractivity contribution in [3.63, 3.8) is 0 Å². The van der Waals surface area contributed by atoms with Gasteiger partial charge in [-0.05, 0) is 60.2 Å². The fourth-order valence-corrected chi connectivity index (χ4v) is 4.15. The average molecular weight is 491 g/mol. The lowest BCUT2D eigenvalue weighted by Gasteiger charge is -2.10. The predicted octanol–water partition coefficient (Wildman–Crippen LogP) is 3.34. The molecule has 4 aromatic rings. The van der Waals surface area contributed by atoms with Crippen LogP contribution in [-0.4, -0.2) is 37.4 Å². The van der Waals surface area contributed by atoms with Crippen LogP contribution in [0.15, 0.2) is 101 Å². The summed E-state index contributed by atoms with van der Waals surface area (Å²) in [6, 6.07) is 21.6. The first kappa shape index (κ1) is 23.7. The lowest BCUT2D eigenvalue weighted by molar-refractivity contribution is -0.120. The number of hydrazone groups is 1. The summed E-state index contributed by atoms with van der Waals surface area (Å²) in [6.45, 7) is 0. The number of benzene rings is 3. The van der Waals surface area contributed by atoms with Gasteiger partial charge in [0.05, 0.1) is 25.4 Å². The number of rotatable bonds is 9. The minimum absolute atomic E-state index is 0.00765. The first-order valence-corrected chi connectivity index (χ1v) is 11.9. The van der Waals surface area contributed by atoms with Crippen LogP contribution in [0.2, 0.25) is 0 Å². The van der Waals surface area contributed by atoms with Crippen molar-refractivity contribution >= 4 is 22.2 Å². The van der Waals surface area contributed by atoms with Crippen molar-refractivity contribution in [3.05, 3.63) is 102 Å². The molecular formula is C25H22N4O5S. The molecular weight excluding hydrogens is 468 g/mol. The van der Waals surface area contributed by atoms with Crippen LogP contribution in [0.5, 0.6) is 11.5 Å². The average Bonchev–Trinajstić information content (AvgIpc) is 3.40. The third kappa shape index (κ3) is 6.12. The number of nitrogens with one attached hydrogen (secondary N) is 1. The number of amides is 1. The first-order valence-electron chi connectivity index (χ1n) is 10.5. The number of hydrogen-bond donors (Lipinski definition) is 1. The summed E-state index contributed by atoms with van der Waals surface area (Å²) in [5, 5.41) is 8.06. The van der Waals surface area contributed by atoms with E-state index in [0.29, 0.717) is 17.0 Å². The topological polar surface area (TPSA) is 112 Å². The monoisotopic (exact) mass is 490 g/mol. The molecule has 35 heavy (non-hydrogen) atoms. The Morgan fingerprint density at radius 3 is 2.60 bits per heavy atom. The van der Waals surface area contributed by atoms with Gasteiger partial charge >= 0.3 is 10.1 Å². The lowest BCUT2D eigenvalue weighted by atomic mass is 10.1. The minimum atomic E-state index is -4.10. The maximum Gasteiger partial charge on any atom is 0.339 e. The summed E-state index contributed by atoms with van der Waals surface area (Å²) < 4.78 is 37.8. The van der Waals surface area contributed by atoms with Gasteiger partial charge in [-0.25, -0.2) is 10.1 Å². The van der Waals surface area contributed by atoms with Crippen LogP contribution in [0.1, 0.15) is 11.1 Å². The van der Waals surface area contributed by atoms with Crippen LogP contribution in [-0.2, 0) is 21.3 Å². The largest absolute Gasteiger partial charge is 0.497 e. The van der Waals surface area contributed by atoms with Crippen LogP contribution in [0.25, 0.3) is 5.69 Å². The molecule has 0 aliphatic rings. The fraction of sp³-hybridized carbons (Fsp3) is 0.0800. The van der Waals surface area contributed by atoms with Crippen LogP contribution < -0.4 is 14.3 Å². The van der Waals surface area contributed by atoms with E-state index in [0.717, 1.165) is 5.56 Å². The molecule has 9 nitrogen and oxygen atoms in total. The summed E-state index contributed by atoms with van der Waals surface area (Å²) in [6.07, 6.45) is 4.82. The molecule has 10 heteroatoms. The van der Waals surface area contributed by atoms with Crippen molar-refractivity contribution in [3.8, 4) is 17.2 Å². The zero-order valence-corrected chi connectivity index (χ0v) is 19.6. The molecule has 0 bridgehead atoms. The Morgan fingerprint density at radius 1 is 1.06 bits per heavy atom. The third-order valence-corrected chi connectivity index (χ3v) is 6.15. The summed E-state index contributed by atoms with van der Waals surface area (Å²) in [7, 11) is -2.55. The number of hydrogen-bond acceptors (Lipinski definition) is 7. The lowest BCUT2D eigenvalue weighted by Crippen LogP contribution is -2.20. The maximum absolute atomic E-state index is 12.8. The fourth-order valence-electron chi connectivity index (χ4n) is 3.20. The molecule has 1 heterocycles. The number of nitrogens with zero attached hydrogens (tertiary/aromatic N) is 3. The molecule has 0 radical (unpaired) electrons. The van der Waals surface area contributed by atoms with Crippen molar-refractivity contribution in [1.29, 1.82) is 0 Å². The van der Waals surface area contributed by atoms with Crippen molar-refractivity contribution in [2.24, 2.45) is 5.10 Å². The molecule has 0 atom stereocenters. The number of para-hydroxylation sites is 1. The highest BCUT2D eigenvalue weighted by molar-refractivity contribution is 7.87. The van der Waals surface area contributed by atoms with E-state index in [4.69, 9.17) is 8.92 Å². The summed E-state index contributed by atoms with van der Waals surface area (Å²) in [5.41, 5.74) is 4.30. The molecule has 0 saturated heterocycles. The molecule has 0 saturated carbocycles. The minimum Gasteiger partial charge on any atom is -0.497 e. The Balaban J connectivity index is 1.42. The van der Waals surface area contributed by atoms with Crippen molar-refractivity contribution in [2.45, 2.75) is 11.3 Å². The molecule has 178 valence electrons. The zero-order chi connectivity index (χ0) is 24.7. The SMILES string of the molecule is COc1cccc(CC(=O)NN=Cc2ccccc2OS(=O)(=O)c2ccc(-n3cccn3)cc2)c1. The second kappa shape index (κ2) is 10.7. The van der Waals surface area contributed by atoms with Crippen LogP contribution in [0.3, 0.4) is 0 Å². The molecule has 0 aliphatic heterocycles. The molecule has 0 fully saturated rings. The molecule has 4 rings (SSSR count). The molecule has 0 unspecified atom stereocenters. The number of aromatic nitrogens is 2. The van der Waals surface area contributed by atoms with Gasteiger partial charge in [-0.15, -0.1) is 0 Å². The van der Waals surface area contributed by atoms with Gasteiger partial charge in [0.15, 0.2) is 5.75 Å². The van der Waals surface area contributed by atoms with Gasteiger partial charge in [0.25, 0.3) is 0 Å². The molecule has 0 aliphatic carbocycles. The van der Waals surface area contributed by atoms with Crippen molar-refractivity contribution in [2.75, 3.05) is 7.11 Å². The summed E-state index contributed by atoms with van der Waals surface area (Å²) in [4.78, 5) is 12.2. The van der Waals surface area contributed by atoms with Gasteiger partial charge < -0.3 is 8.92 Å². The van der Waals surface area contributed by atoms with Gasteiger partial charge in [0, 0.05) is 18.0 Å². The Morgan fingerprint density at radius 2 is 1.86 bits per heavy atom. The second-order valence-corrected chi connectivity index (χ2v) is 8.89. The van der Waals surface area contributed by atoms with Gasteiger partial charge in [-0.2, -0.15) is 18.6 Å². The zero-order valence-electron chi connectivity index (χ0n) is 18.7. The highest BCUT2D eigenvalue weighted by atomic mass is 32.2. The summed E-state index contributed by atoms with van der Waals surface area (Å²) in [5.74, 6) is 0.398. The predicted molar refractivity (Wildman–Crippen MR) is 130 cm³/mol. The van der Waals surface area contributed by atoms with E-state index in [2.05, 4.69) is 15.6 Å². The highest BCUT2D eigenvalue weighted by Crippen LogP contribution is 2.22. The molecule has 3 aromatic carbocycles.